The van der Waals surface area contributed by atoms with E-state index < -0.39 is 36.7 Å². The van der Waals surface area contributed by atoms with Crippen LogP contribution in [0.4, 0.5) is 22.0 Å². The summed E-state index contributed by atoms with van der Waals surface area (Å²) in [6.45, 7) is -1.39. The Balaban J connectivity index is 3.81. The molecule has 0 unspecified atom stereocenters. The Labute approximate surface area is 102 Å². The van der Waals surface area contributed by atoms with Crippen molar-refractivity contribution < 1.29 is 41.0 Å². The van der Waals surface area contributed by atoms with Crippen molar-refractivity contribution in [1.29, 1.82) is 0 Å². The molecule has 18 heavy (non-hydrogen) atoms. The van der Waals surface area contributed by atoms with Crippen LogP contribution in [0.5, 0.6) is 0 Å². The van der Waals surface area contributed by atoms with Gasteiger partial charge in [0, 0.05) is 0 Å². The molecule has 104 valence electrons. The lowest BCUT2D eigenvalue weighted by molar-refractivity contribution is -0.198. The number of alkyl halides is 6. The highest BCUT2D eigenvalue weighted by Gasteiger charge is 2.40. The van der Waals surface area contributed by atoms with Crippen LogP contribution in [0.2, 0.25) is 0 Å². The van der Waals surface area contributed by atoms with E-state index in [2.05, 4.69) is 21.1 Å². The molecule has 0 bridgehead atoms. The molecule has 0 saturated carbocycles. The molecule has 4 nitrogen and oxygen atoms in total. The zero-order valence-corrected chi connectivity index (χ0v) is 9.23. The van der Waals surface area contributed by atoms with E-state index in [4.69, 9.17) is 0 Å². The monoisotopic (exact) mass is 296 g/mol. The molecule has 0 aromatic rings. The second-order valence-electron chi connectivity index (χ2n) is 2.66. The van der Waals surface area contributed by atoms with Crippen molar-refractivity contribution in [3.63, 3.8) is 0 Å². The van der Waals surface area contributed by atoms with Gasteiger partial charge in [0.2, 0.25) is 0 Å². The lowest BCUT2D eigenvalue weighted by Gasteiger charge is -2.06. The minimum Gasteiger partial charge on any atom is -0.456 e. The minimum absolute atomic E-state index is 0.648. The third-order valence-corrected chi connectivity index (χ3v) is 1.41. The largest absolute Gasteiger partial charge is 0.490 e. The highest BCUT2D eigenvalue weighted by atomic mass is 35.5. The van der Waals surface area contributed by atoms with E-state index >= 15 is 0 Å². The lowest BCUT2D eigenvalue weighted by Crippen LogP contribution is -2.25. The molecule has 10 heteroatoms. The molecular weight excluding hydrogens is 291 g/mol. The predicted octanol–water partition coefficient (Wildman–Crippen LogP) is 2.02. The summed E-state index contributed by atoms with van der Waals surface area (Å²) in [5, 5.41) is -4.17. The van der Waals surface area contributed by atoms with Gasteiger partial charge in [0.1, 0.15) is 13.2 Å². The van der Waals surface area contributed by atoms with E-state index in [0.29, 0.717) is 0 Å². The first-order valence-electron chi connectivity index (χ1n) is 4.18. The fourth-order valence-corrected chi connectivity index (χ4v) is 0.602. The van der Waals surface area contributed by atoms with E-state index in [0.717, 1.165) is 12.2 Å². The highest BCUT2D eigenvalue weighted by Crippen LogP contribution is 2.20. The second-order valence-corrected chi connectivity index (χ2v) is 3.14. The molecule has 0 saturated heterocycles. The van der Waals surface area contributed by atoms with Crippen molar-refractivity contribution in [3.8, 4) is 0 Å². The first-order valence-corrected chi connectivity index (χ1v) is 4.56. The van der Waals surface area contributed by atoms with Crippen molar-refractivity contribution in [2.24, 2.45) is 0 Å². The van der Waals surface area contributed by atoms with E-state index in [9.17, 15) is 31.5 Å². The Morgan fingerprint density at radius 3 is 1.67 bits per heavy atom. The van der Waals surface area contributed by atoms with Gasteiger partial charge in [-0.15, -0.1) is 0 Å². The van der Waals surface area contributed by atoms with Gasteiger partial charge in [0.05, 0.1) is 0 Å². The standard InChI is InChI=1S/C8H6ClF5O4/c9-7(10,11)5(15)17-3-1-2-4-18-6(16)8(12,13)14/h1-2H,3-4H2/b2-1+. The number of hydrogen-bond donors (Lipinski definition) is 0. The van der Waals surface area contributed by atoms with Gasteiger partial charge in [0.15, 0.2) is 0 Å². The van der Waals surface area contributed by atoms with Gasteiger partial charge in [-0.1, -0.05) is 0 Å². The van der Waals surface area contributed by atoms with Crippen LogP contribution in [-0.2, 0) is 19.1 Å². The van der Waals surface area contributed by atoms with Crippen LogP contribution in [0.25, 0.3) is 0 Å². The molecule has 0 aromatic carbocycles. The number of carbonyl (C=O) groups is 2. The quantitative estimate of drug-likeness (QED) is 0.337. The predicted molar refractivity (Wildman–Crippen MR) is 47.9 cm³/mol. The molecule has 0 N–H and O–H groups in total. The molecule has 0 aliphatic heterocycles. The Morgan fingerprint density at radius 2 is 1.33 bits per heavy atom. The minimum atomic E-state index is -5.11. The summed E-state index contributed by atoms with van der Waals surface area (Å²) < 4.78 is 66.4. The number of rotatable bonds is 5. The molecule has 0 radical (unpaired) electrons. The average molecular weight is 297 g/mol. The summed E-state index contributed by atoms with van der Waals surface area (Å²) in [6, 6.07) is 0. The number of hydrogen-bond acceptors (Lipinski definition) is 4. The Hall–Kier alpha value is -1.38. The third kappa shape index (κ3) is 7.05. The SMILES string of the molecule is O=C(OC/C=C/COC(=O)C(F)(F)Cl)C(F)(F)F. The molecule has 0 rings (SSSR count). The Bertz CT molecular complexity index is 301. The number of halogens is 6. The third-order valence-electron chi connectivity index (χ3n) is 1.25. The number of ether oxygens (including phenoxy) is 2. The molecular formula is C8H6ClF5O4. The maximum atomic E-state index is 12.0. The van der Waals surface area contributed by atoms with E-state index in [-0.39, 0.29) is 0 Å². The van der Waals surface area contributed by atoms with E-state index in [1.54, 1.807) is 0 Å². The van der Waals surface area contributed by atoms with Crippen LogP contribution in [-0.4, -0.2) is 36.7 Å². The number of esters is 2. The zero-order valence-electron chi connectivity index (χ0n) is 8.47. The highest BCUT2D eigenvalue weighted by molar-refractivity contribution is 6.31. The normalized spacial score (nSPS) is 12.6. The molecule has 0 atom stereocenters. The van der Waals surface area contributed by atoms with E-state index in [1.165, 1.54) is 0 Å². The zero-order chi connectivity index (χ0) is 14.4. The fraction of sp³-hybridized carbons (Fsp3) is 0.500. The van der Waals surface area contributed by atoms with Crippen LogP contribution in [0, 0.1) is 0 Å². The average Bonchev–Trinajstić information content (AvgIpc) is 2.19. The van der Waals surface area contributed by atoms with Gasteiger partial charge in [0.25, 0.3) is 0 Å². The Kier molecular flexibility index (Phi) is 6.02. The summed E-state index contributed by atoms with van der Waals surface area (Å²) in [5.74, 6) is -4.39. The first kappa shape index (κ1) is 16.6. The van der Waals surface area contributed by atoms with Crippen molar-refractivity contribution in [2.45, 2.75) is 11.6 Å². The van der Waals surface area contributed by atoms with Crippen LogP contribution in [0.1, 0.15) is 0 Å². The molecule has 0 fully saturated rings. The molecule has 0 spiro atoms. The maximum absolute atomic E-state index is 12.0. The van der Waals surface area contributed by atoms with Crippen LogP contribution in [0.3, 0.4) is 0 Å². The maximum Gasteiger partial charge on any atom is 0.490 e. The van der Waals surface area contributed by atoms with Crippen molar-refractivity contribution >= 4 is 23.5 Å². The molecule has 0 aliphatic rings. The van der Waals surface area contributed by atoms with Gasteiger partial charge < -0.3 is 9.47 Å². The van der Waals surface area contributed by atoms with Crippen molar-refractivity contribution in [3.05, 3.63) is 12.2 Å². The first-order chi connectivity index (χ1) is 8.05. The summed E-state index contributed by atoms with van der Waals surface area (Å²) in [5.41, 5.74) is 0. The summed E-state index contributed by atoms with van der Waals surface area (Å²) in [4.78, 5) is 20.5. The van der Waals surface area contributed by atoms with Crippen molar-refractivity contribution in [1.82, 2.24) is 0 Å². The topological polar surface area (TPSA) is 52.6 Å². The van der Waals surface area contributed by atoms with Gasteiger partial charge >= 0.3 is 23.5 Å². The summed E-state index contributed by atoms with van der Waals surface area (Å²) in [6.07, 6.45) is -3.32. The van der Waals surface area contributed by atoms with Crippen molar-refractivity contribution in [2.75, 3.05) is 13.2 Å². The van der Waals surface area contributed by atoms with E-state index in [1.807, 2.05) is 0 Å². The summed E-state index contributed by atoms with van der Waals surface area (Å²) in [7, 11) is 0. The van der Waals surface area contributed by atoms with Gasteiger partial charge in [-0.05, 0) is 23.8 Å². The van der Waals surface area contributed by atoms with Gasteiger partial charge in [-0.2, -0.15) is 22.0 Å². The second kappa shape index (κ2) is 6.53. The smallest absolute Gasteiger partial charge is 0.456 e. The number of carbonyl (C=O) groups excluding carboxylic acids is 2. The van der Waals surface area contributed by atoms with Crippen LogP contribution < -0.4 is 0 Å². The van der Waals surface area contributed by atoms with Gasteiger partial charge in [-0.3, -0.25) is 0 Å². The van der Waals surface area contributed by atoms with Crippen LogP contribution >= 0.6 is 11.6 Å². The molecule has 0 aromatic heterocycles. The molecule has 0 aliphatic carbocycles. The van der Waals surface area contributed by atoms with Gasteiger partial charge in [-0.25, -0.2) is 9.59 Å². The lowest BCUT2D eigenvalue weighted by atomic mass is 10.5. The fourth-order valence-electron chi connectivity index (χ4n) is 0.547. The molecule has 0 amide bonds. The van der Waals surface area contributed by atoms with Crippen LogP contribution in [0.15, 0.2) is 12.2 Å². The molecule has 0 heterocycles. The summed E-state index contributed by atoms with van der Waals surface area (Å²) >= 11 is 4.29. The Morgan fingerprint density at radius 1 is 0.944 bits per heavy atom.